The number of carbonyl (C=O) groups excluding carboxylic acids is 2. The molecule has 0 aliphatic carbocycles. The van der Waals surface area contributed by atoms with E-state index in [9.17, 15) is 9.59 Å². The quantitative estimate of drug-likeness (QED) is 0.893. The molecule has 2 aliphatic rings. The number of hydrogen-bond acceptors (Lipinski definition) is 3. The predicted octanol–water partition coefficient (Wildman–Crippen LogP) is 3.32. The number of benzene rings is 2. The smallest absolute Gasteiger partial charge is 0.249 e. The van der Waals surface area contributed by atoms with Crippen molar-refractivity contribution in [3.63, 3.8) is 0 Å². The number of fused-ring (bicyclic) bond motifs is 1. The highest BCUT2D eigenvalue weighted by molar-refractivity contribution is 6.02. The van der Waals surface area contributed by atoms with Gasteiger partial charge in [0.15, 0.2) is 0 Å². The van der Waals surface area contributed by atoms with Crippen molar-refractivity contribution < 1.29 is 9.59 Å². The van der Waals surface area contributed by atoms with E-state index in [1.807, 2.05) is 23.1 Å². The molecular weight excluding hydrogens is 326 g/mol. The van der Waals surface area contributed by atoms with Crippen molar-refractivity contribution in [1.29, 1.82) is 0 Å². The van der Waals surface area contributed by atoms with Crippen LogP contribution >= 0.6 is 0 Å². The second kappa shape index (κ2) is 6.16. The highest BCUT2D eigenvalue weighted by atomic mass is 16.2. The van der Waals surface area contributed by atoms with Gasteiger partial charge in [0.2, 0.25) is 11.8 Å². The minimum Gasteiger partial charge on any atom is -0.374 e. The van der Waals surface area contributed by atoms with Crippen molar-refractivity contribution in [1.82, 2.24) is 0 Å². The molecule has 134 valence electrons. The van der Waals surface area contributed by atoms with Crippen LogP contribution in [0.1, 0.15) is 28.7 Å². The SMILES string of the molecule is Cc1cc(C)c(N2CCC(Nc3ccc4c(c3)CC(=O)N4)C2=O)c(C)c1. The summed E-state index contributed by atoms with van der Waals surface area (Å²) in [5, 5.41) is 6.19. The van der Waals surface area contributed by atoms with E-state index in [-0.39, 0.29) is 17.9 Å². The number of amides is 2. The minimum absolute atomic E-state index is 0.0191. The van der Waals surface area contributed by atoms with Gasteiger partial charge in [0, 0.05) is 23.6 Å². The molecule has 2 aromatic carbocycles. The van der Waals surface area contributed by atoms with Crippen molar-refractivity contribution in [3.05, 3.63) is 52.6 Å². The Balaban J connectivity index is 1.54. The zero-order valence-electron chi connectivity index (χ0n) is 15.3. The molecule has 5 nitrogen and oxygen atoms in total. The molecule has 26 heavy (non-hydrogen) atoms. The van der Waals surface area contributed by atoms with Crippen molar-refractivity contribution in [2.75, 3.05) is 22.1 Å². The maximum Gasteiger partial charge on any atom is 0.249 e. The van der Waals surface area contributed by atoms with E-state index < -0.39 is 0 Å². The first-order valence-electron chi connectivity index (χ1n) is 9.01. The van der Waals surface area contributed by atoms with E-state index in [2.05, 4.69) is 43.5 Å². The summed E-state index contributed by atoms with van der Waals surface area (Å²) >= 11 is 0. The third-order valence-corrected chi connectivity index (χ3v) is 5.18. The minimum atomic E-state index is -0.238. The Morgan fingerprint density at radius 2 is 1.81 bits per heavy atom. The van der Waals surface area contributed by atoms with Gasteiger partial charge in [-0.2, -0.15) is 0 Å². The molecule has 1 saturated heterocycles. The number of anilines is 3. The number of nitrogens with one attached hydrogen (secondary N) is 2. The van der Waals surface area contributed by atoms with Crippen LogP contribution in [0.4, 0.5) is 17.1 Å². The van der Waals surface area contributed by atoms with Gasteiger partial charge in [-0.05, 0) is 62.1 Å². The summed E-state index contributed by atoms with van der Waals surface area (Å²) in [7, 11) is 0. The first-order valence-corrected chi connectivity index (χ1v) is 9.01. The summed E-state index contributed by atoms with van der Waals surface area (Å²) in [6.07, 6.45) is 1.16. The van der Waals surface area contributed by atoms with Crippen LogP contribution in [0.2, 0.25) is 0 Å². The van der Waals surface area contributed by atoms with Crippen LogP contribution in [0.5, 0.6) is 0 Å². The van der Waals surface area contributed by atoms with Crippen LogP contribution in [-0.4, -0.2) is 24.4 Å². The van der Waals surface area contributed by atoms with Crippen molar-refractivity contribution in [2.24, 2.45) is 0 Å². The Kier molecular flexibility index (Phi) is 3.94. The fraction of sp³-hybridized carbons (Fsp3) is 0.333. The maximum absolute atomic E-state index is 13.0. The molecule has 2 amide bonds. The molecule has 0 saturated carbocycles. The summed E-state index contributed by atoms with van der Waals surface area (Å²) in [6, 6.07) is 9.79. The number of hydrogen-bond donors (Lipinski definition) is 2. The summed E-state index contributed by atoms with van der Waals surface area (Å²) in [5.74, 6) is 0.125. The molecule has 0 aromatic heterocycles. The maximum atomic E-state index is 13.0. The molecule has 0 spiro atoms. The Hall–Kier alpha value is -2.82. The van der Waals surface area contributed by atoms with Gasteiger partial charge in [-0.15, -0.1) is 0 Å². The summed E-state index contributed by atoms with van der Waals surface area (Å²) in [5.41, 5.74) is 7.26. The molecule has 1 atom stereocenters. The van der Waals surface area contributed by atoms with Crippen LogP contribution in [-0.2, 0) is 16.0 Å². The molecule has 2 aliphatic heterocycles. The first kappa shape index (κ1) is 16.6. The molecule has 1 fully saturated rings. The van der Waals surface area contributed by atoms with Gasteiger partial charge in [0.05, 0.1) is 6.42 Å². The highest BCUT2D eigenvalue weighted by Gasteiger charge is 2.34. The molecule has 5 heteroatoms. The van der Waals surface area contributed by atoms with E-state index in [0.717, 1.165) is 40.2 Å². The lowest BCUT2D eigenvalue weighted by Crippen LogP contribution is -2.34. The van der Waals surface area contributed by atoms with Gasteiger partial charge in [0.1, 0.15) is 6.04 Å². The average molecular weight is 349 g/mol. The highest BCUT2D eigenvalue weighted by Crippen LogP contribution is 2.32. The first-order chi connectivity index (χ1) is 12.4. The topological polar surface area (TPSA) is 61.4 Å². The van der Waals surface area contributed by atoms with E-state index in [1.165, 1.54) is 5.56 Å². The fourth-order valence-electron chi connectivity index (χ4n) is 4.15. The zero-order chi connectivity index (χ0) is 18.4. The standard InChI is InChI=1S/C21H23N3O2/c1-12-8-13(2)20(14(3)9-12)24-7-6-18(21(24)26)22-16-4-5-17-15(10-16)11-19(25)23-17/h4-5,8-10,18,22H,6-7,11H2,1-3H3,(H,23,25). The average Bonchev–Trinajstić information content (AvgIpc) is 3.10. The summed E-state index contributed by atoms with van der Waals surface area (Å²) in [6.45, 7) is 6.92. The fourth-order valence-corrected chi connectivity index (χ4v) is 4.15. The van der Waals surface area contributed by atoms with E-state index >= 15 is 0 Å². The normalized spacial score (nSPS) is 18.9. The predicted molar refractivity (Wildman–Crippen MR) is 104 cm³/mol. The molecule has 1 unspecified atom stereocenters. The van der Waals surface area contributed by atoms with Crippen LogP contribution in [0.15, 0.2) is 30.3 Å². The number of rotatable bonds is 3. The molecule has 0 bridgehead atoms. The lowest BCUT2D eigenvalue weighted by Gasteiger charge is -2.22. The third-order valence-electron chi connectivity index (χ3n) is 5.18. The molecule has 2 heterocycles. The van der Waals surface area contributed by atoms with Gasteiger partial charge in [0.25, 0.3) is 0 Å². The Morgan fingerprint density at radius 3 is 2.54 bits per heavy atom. The van der Waals surface area contributed by atoms with Crippen molar-refractivity contribution >= 4 is 28.9 Å². The Morgan fingerprint density at radius 1 is 1.08 bits per heavy atom. The van der Waals surface area contributed by atoms with Crippen LogP contribution in [0, 0.1) is 20.8 Å². The van der Waals surface area contributed by atoms with Gasteiger partial charge in [-0.1, -0.05) is 17.7 Å². The van der Waals surface area contributed by atoms with Gasteiger partial charge < -0.3 is 15.5 Å². The number of aryl methyl sites for hydroxylation is 3. The lowest BCUT2D eigenvalue weighted by molar-refractivity contribution is -0.117. The molecule has 0 radical (unpaired) electrons. The van der Waals surface area contributed by atoms with E-state index in [4.69, 9.17) is 0 Å². The summed E-state index contributed by atoms with van der Waals surface area (Å²) < 4.78 is 0. The van der Waals surface area contributed by atoms with Crippen molar-refractivity contribution in [3.8, 4) is 0 Å². The van der Waals surface area contributed by atoms with Crippen LogP contribution in [0.3, 0.4) is 0 Å². The van der Waals surface area contributed by atoms with Crippen LogP contribution in [0.25, 0.3) is 0 Å². The molecule has 2 aromatic rings. The molecule has 2 N–H and O–H groups in total. The largest absolute Gasteiger partial charge is 0.374 e. The molecular formula is C21H23N3O2. The lowest BCUT2D eigenvalue weighted by atomic mass is 10.0. The van der Waals surface area contributed by atoms with E-state index in [1.54, 1.807) is 0 Å². The van der Waals surface area contributed by atoms with Crippen LogP contribution < -0.4 is 15.5 Å². The van der Waals surface area contributed by atoms with E-state index in [0.29, 0.717) is 13.0 Å². The number of nitrogens with zero attached hydrogens (tertiary/aromatic N) is 1. The number of carbonyl (C=O) groups is 2. The second-order valence-electron chi connectivity index (χ2n) is 7.32. The molecule has 4 rings (SSSR count). The Bertz CT molecular complexity index is 896. The monoisotopic (exact) mass is 349 g/mol. The Labute approximate surface area is 153 Å². The summed E-state index contributed by atoms with van der Waals surface area (Å²) in [4.78, 5) is 26.4. The van der Waals surface area contributed by atoms with Gasteiger partial charge >= 0.3 is 0 Å². The zero-order valence-corrected chi connectivity index (χ0v) is 15.3. The van der Waals surface area contributed by atoms with Crippen molar-refractivity contribution in [2.45, 2.75) is 39.7 Å². The van der Waals surface area contributed by atoms with Gasteiger partial charge in [-0.25, -0.2) is 0 Å². The van der Waals surface area contributed by atoms with Gasteiger partial charge in [-0.3, -0.25) is 9.59 Å². The second-order valence-corrected chi connectivity index (χ2v) is 7.32. The third kappa shape index (κ3) is 2.83.